The van der Waals surface area contributed by atoms with Crippen molar-refractivity contribution in [3.8, 4) is 0 Å². The third-order valence-electron chi connectivity index (χ3n) is 4.91. The molecule has 0 saturated carbocycles. The number of rotatable bonds is 6. The summed E-state index contributed by atoms with van der Waals surface area (Å²) in [5, 5.41) is 0. The summed E-state index contributed by atoms with van der Waals surface area (Å²) in [6, 6.07) is 10.6. The summed E-state index contributed by atoms with van der Waals surface area (Å²) < 4.78 is 21.0. The van der Waals surface area contributed by atoms with Crippen molar-refractivity contribution < 1.29 is 13.9 Å². The predicted octanol–water partition coefficient (Wildman–Crippen LogP) is 3.79. The van der Waals surface area contributed by atoms with Crippen molar-refractivity contribution in [2.45, 2.75) is 44.4 Å². The van der Waals surface area contributed by atoms with E-state index in [0.717, 1.165) is 31.4 Å². The second kappa shape index (κ2) is 8.30. The van der Waals surface area contributed by atoms with Crippen LogP contribution in [0.1, 0.15) is 37.4 Å². The molecule has 1 aromatic heterocycles. The van der Waals surface area contributed by atoms with E-state index in [0.29, 0.717) is 13.0 Å². The Hall–Kier alpha value is -2.14. The van der Waals surface area contributed by atoms with Gasteiger partial charge in [0.1, 0.15) is 5.82 Å². The molecule has 1 saturated heterocycles. The Bertz CT molecular complexity index is 670. The lowest BCUT2D eigenvalue weighted by atomic mass is 9.96. The molecular weight excluding hydrogens is 319 g/mol. The van der Waals surface area contributed by atoms with Crippen LogP contribution in [0.4, 0.5) is 4.39 Å². The standard InChI is InChI=1S/C20H25FN2O2/c1-22(20(24)5-4-13-23-11-2-3-12-23)18-10-14-25-19(15-18)16-6-8-17(21)9-7-16/h2-3,6-9,11-12,18-19H,4-5,10,13-15H2,1H3. The first-order valence-corrected chi connectivity index (χ1v) is 8.87. The lowest BCUT2D eigenvalue weighted by Gasteiger charge is -2.35. The van der Waals surface area contributed by atoms with Gasteiger partial charge < -0.3 is 14.2 Å². The van der Waals surface area contributed by atoms with Crippen molar-refractivity contribution >= 4 is 5.91 Å². The maximum atomic E-state index is 13.1. The van der Waals surface area contributed by atoms with Gasteiger partial charge in [0.05, 0.1) is 6.10 Å². The Morgan fingerprint density at radius 3 is 2.72 bits per heavy atom. The highest BCUT2D eigenvalue weighted by atomic mass is 19.1. The van der Waals surface area contributed by atoms with E-state index in [-0.39, 0.29) is 23.9 Å². The molecule has 0 spiro atoms. The van der Waals surface area contributed by atoms with Gasteiger partial charge in [-0.15, -0.1) is 0 Å². The third kappa shape index (κ3) is 4.69. The van der Waals surface area contributed by atoms with Gasteiger partial charge in [0.15, 0.2) is 0 Å². The van der Waals surface area contributed by atoms with Crippen LogP contribution in [0.15, 0.2) is 48.8 Å². The Morgan fingerprint density at radius 1 is 1.28 bits per heavy atom. The number of amides is 1. The molecule has 0 bridgehead atoms. The van der Waals surface area contributed by atoms with Gasteiger partial charge in [-0.25, -0.2) is 4.39 Å². The summed E-state index contributed by atoms with van der Waals surface area (Å²) in [5.74, 6) is -0.0667. The zero-order valence-corrected chi connectivity index (χ0v) is 14.6. The smallest absolute Gasteiger partial charge is 0.222 e. The van der Waals surface area contributed by atoms with Crippen LogP contribution in [0.5, 0.6) is 0 Å². The highest BCUT2D eigenvalue weighted by Crippen LogP contribution is 2.30. The van der Waals surface area contributed by atoms with Crippen LogP contribution in [-0.4, -0.2) is 35.1 Å². The second-order valence-corrected chi connectivity index (χ2v) is 6.62. The maximum Gasteiger partial charge on any atom is 0.222 e. The first kappa shape index (κ1) is 17.7. The minimum absolute atomic E-state index is 0.0746. The molecule has 4 nitrogen and oxygen atoms in total. The topological polar surface area (TPSA) is 34.5 Å². The van der Waals surface area contributed by atoms with Crippen LogP contribution in [0.3, 0.4) is 0 Å². The van der Waals surface area contributed by atoms with Gasteiger partial charge in [-0.2, -0.15) is 0 Å². The summed E-state index contributed by atoms with van der Waals surface area (Å²) >= 11 is 0. The van der Waals surface area contributed by atoms with Gasteiger partial charge in [-0.05, 0) is 49.1 Å². The molecule has 0 aliphatic carbocycles. The fourth-order valence-corrected chi connectivity index (χ4v) is 3.35. The number of halogens is 1. The van der Waals surface area contributed by atoms with E-state index in [1.165, 1.54) is 12.1 Å². The van der Waals surface area contributed by atoms with Crippen LogP contribution in [0.25, 0.3) is 0 Å². The lowest BCUT2D eigenvalue weighted by molar-refractivity contribution is -0.135. The summed E-state index contributed by atoms with van der Waals surface area (Å²) in [6.07, 6.45) is 6.94. The quantitative estimate of drug-likeness (QED) is 0.799. The molecule has 2 atom stereocenters. The van der Waals surface area contributed by atoms with E-state index >= 15 is 0 Å². The SMILES string of the molecule is CN(C(=O)CCCn1cccc1)C1CCOC(c2ccc(F)cc2)C1. The number of ether oxygens (including phenoxy) is 1. The molecule has 2 unspecified atom stereocenters. The Kier molecular flexibility index (Phi) is 5.87. The van der Waals surface area contributed by atoms with E-state index in [9.17, 15) is 9.18 Å². The highest BCUT2D eigenvalue weighted by Gasteiger charge is 2.28. The largest absolute Gasteiger partial charge is 0.373 e. The molecule has 25 heavy (non-hydrogen) atoms. The first-order valence-electron chi connectivity index (χ1n) is 8.87. The molecule has 1 amide bonds. The van der Waals surface area contributed by atoms with E-state index in [1.54, 1.807) is 12.1 Å². The second-order valence-electron chi connectivity index (χ2n) is 6.62. The van der Waals surface area contributed by atoms with Crippen LogP contribution in [0.2, 0.25) is 0 Å². The molecule has 2 aromatic rings. The van der Waals surface area contributed by atoms with Gasteiger partial charge in [0, 0.05) is 45.1 Å². The number of hydrogen-bond donors (Lipinski definition) is 0. The monoisotopic (exact) mass is 344 g/mol. The number of carbonyl (C=O) groups is 1. The Morgan fingerprint density at radius 2 is 2.00 bits per heavy atom. The molecule has 3 rings (SSSR count). The zero-order chi connectivity index (χ0) is 17.6. The Labute approximate surface area is 148 Å². The van der Waals surface area contributed by atoms with Gasteiger partial charge >= 0.3 is 0 Å². The van der Waals surface area contributed by atoms with E-state index in [4.69, 9.17) is 4.74 Å². The van der Waals surface area contributed by atoms with E-state index < -0.39 is 0 Å². The minimum atomic E-state index is -0.244. The van der Waals surface area contributed by atoms with Crippen LogP contribution in [-0.2, 0) is 16.1 Å². The van der Waals surface area contributed by atoms with Crippen molar-refractivity contribution in [1.82, 2.24) is 9.47 Å². The van der Waals surface area contributed by atoms with Gasteiger partial charge in [-0.3, -0.25) is 4.79 Å². The molecule has 2 heterocycles. The number of benzene rings is 1. The predicted molar refractivity (Wildman–Crippen MR) is 94.6 cm³/mol. The minimum Gasteiger partial charge on any atom is -0.373 e. The molecule has 134 valence electrons. The molecule has 1 aromatic carbocycles. The average molecular weight is 344 g/mol. The van der Waals surface area contributed by atoms with Crippen molar-refractivity contribution in [3.05, 3.63) is 60.2 Å². The molecule has 1 aliphatic heterocycles. The van der Waals surface area contributed by atoms with Crippen LogP contribution in [0, 0.1) is 5.82 Å². The summed E-state index contributed by atoms with van der Waals surface area (Å²) in [7, 11) is 1.88. The van der Waals surface area contributed by atoms with Crippen molar-refractivity contribution in [2.24, 2.45) is 0 Å². The van der Waals surface area contributed by atoms with E-state index in [1.807, 2.05) is 36.5 Å². The molecule has 1 aliphatic rings. The summed E-state index contributed by atoms with van der Waals surface area (Å²) in [6.45, 7) is 1.48. The van der Waals surface area contributed by atoms with Crippen LogP contribution >= 0.6 is 0 Å². The lowest BCUT2D eigenvalue weighted by Crippen LogP contribution is -2.41. The summed E-state index contributed by atoms with van der Waals surface area (Å²) in [5.41, 5.74) is 0.972. The molecule has 0 radical (unpaired) electrons. The number of carbonyl (C=O) groups excluding carboxylic acids is 1. The van der Waals surface area contributed by atoms with Gasteiger partial charge in [-0.1, -0.05) is 12.1 Å². The zero-order valence-electron chi connectivity index (χ0n) is 14.6. The normalized spacial score (nSPS) is 20.4. The summed E-state index contributed by atoms with van der Waals surface area (Å²) in [4.78, 5) is 14.4. The molecular formula is C20H25FN2O2. The molecule has 1 fully saturated rings. The van der Waals surface area contributed by atoms with Gasteiger partial charge in [0.2, 0.25) is 5.91 Å². The molecule has 5 heteroatoms. The Balaban J connectivity index is 1.51. The maximum absolute atomic E-state index is 13.1. The number of aromatic nitrogens is 1. The number of hydrogen-bond acceptors (Lipinski definition) is 2. The third-order valence-corrected chi connectivity index (χ3v) is 4.91. The highest BCUT2D eigenvalue weighted by molar-refractivity contribution is 5.76. The fourth-order valence-electron chi connectivity index (χ4n) is 3.35. The van der Waals surface area contributed by atoms with Crippen molar-refractivity contribution in [3.63, 3.8) is 0 Å². The fraction of sp³-hybridized carbons (Fsp3) is 0.450. The number of nitrogens with zero attached hydrogens (tertiary/aromatic N) is 2. The molecule has 0 N–H and O–H groups in total. The van der Waals surface area contributed by atoms with Crippen LogP contribution < -0.4 is 0 Å². The average Bonchev–Trinajstić information content (AvgIpc) is 3.15. The first-order chi connectivity index (χ1) is 12.1. The van der Waals surface area contributed by atoms with Crippen molar-refractivity contribution in [1.29, 1.82) is 0 Å². The van der Waals surface area contributed by atoms with E-state index in [2.05, 4.69) is 4.57 Å². The van der Waals surface area contributed by atoms with Gasteiger partial charge in [0.25, 0.3) is 0 Å². The van der Waals surface area contributed by atoms with Crippen molar-refractivity contribution in [2.75, 3.05) is 13.7 Å². The number of aryl methyl sites for hydroxylation is 1.